The maximum absolute atomic E-state index is 15.2. The van der Waals surface area contributed by atoms with E-state index in [0.29, 0.717) is 35.5 Å². The van der Waals surface area contributed by atoms with E-state index < -0.39 is 23.5 Å². The summed E-state index contributed by atoms with van der Waals surface area (Å²) in [6.07, 6.45) is 1.21. The number of hydrogen-bond acceptors (Lipinski definition) is 4. The van der Waals surface area contributed by atoms with Crippen LogP contribution in [0.5, 0.6) is 11.5 Å². The molecule has 8 heteroatoms. The van der Waals surface area contributed by atoms with E-state index in [0.717, 1.165) is 39.8 Å². The van der Waals surface area contributed by atoms with Crippen LogP contribution in [0.15, 0.2) is 24.3 Å². The van der Waals surface area contributed by atoms with E-state index in [1.165, 1.54) is 31.4 Å². The van der Waals surface area contributed by atoms with Gasteiger partial charge < -0.3 is 19.5 Å². The number of amides is 1. The molecular weight excluding hydrogens is 492 g/mol. The van der Waals surface area contributed by atoms with Crippen LogP contribution in [0.3, 0.4) is 0 Å². The lowest BCUT2D eigenvalue weighted by Gasteiger charge is -2.25. The fourth-order valence-corrected chi connectivity index (χ4v) is 5.83. The van der Waals surface area contributed by atoms with E-state index in [1.54, 1.807) is 4.90 Å². The first kappa shape index (κ1) is 25.7. The average molecular weight is 522 g/mol. The summed E-state index contributed by atoms with van der Waals surface area (Å²) < 4.78 is 40.6. The van der Waals surface area contributed by atoms with Gasteiger partial charge in [-0.15, -0.1) is 0 Å². The molecule has 6 nitrogen and oxygen atoms in total. The van der Waals surface area contributed by atoms with Gasteiger partial charge in [0.15, 0.2) is 11.6 Å². The number of carbonyl (C=O) groups is 2. The molecule has 0 fully saturated rings. The average Bonchev–Trinajstić information content (AvgIpc) is 3.36. The maximum Gasteiger partial charge on any atom is 0.307 e. The Morgan fingerprint density at radius 1 is 1.00 bits per heavy atom. The third-order valence-corrected chi connectivity index (χ3v) is 7.82. The van der Waals surface area contributed by atoms with Gasteiger partial charge in [0.2, 0.25) is 0 Å². The van der Waals surface area contributed by atoms with Crippen molar-refractivity contribution in [1.29, 1.82) is 0 Å². The smallest absolute Gasteiger partial charge is 0.307 e. The predicted molar refractivity (Wildman–Crippen MR) is 138 cm³/mol. The lowest BCUT2D eigenvalue weighted by molar-refractivity contribution is -0.136. The van der Waals surface area contributed by atoms with E-state index in [4.69, 9.17) is 9.47 Å². The third kappa shape index (κ3) is 4.18. The maximum atomic E-state index is 15.2. The van der Waals surface area contributed by atoms with Gasteiger partial charge in [-0.2, -0.15) is 0 Å². The van der Waals surface area contributed by atoms with Crippen molar-refractivity contribution in [2.75, 3.05) is 13.7 Å². The number of halogens is 2. The van der Waals surface area contributed by atoms with E-state index in [2.05, 4.69) is 0 Å². The predicted octanol–water partition coefficient (Wildman–Crippen LogP) is 5.67. The standard InChI is InChI=1S/C30H29F2NO5/c1-15-19-6-5-9-38-29(19)26(32)11-20(15)28-17(3)24-14-33(13-23(24)16(2)21(28)12-27(34)35)30(36)22-10-18(37-4)7-8-25(22)31/h7-8,10-11H,5-6,9,12-14H2,1-4H3,(H,34,35). The molecule has 1 N–H and O–H groups in total. The summed E-state index contributed by atoms with van der Waals surface area (Å²) in [5, 5.41) is 9.77. The highest BCUT2D eigenvalue weighted by Crippen LogP contribution is 2.44. The Morgan fingerprint density at radius 3 is 2.39 bits per heavy atom. The Bertz CT molecular complexity index is 1500. The summed E-state index contributed by atoms with van der Waals surface area (Å²) in [6, 6.07) is 5.46. The molecule has 0 unspecified atom stereocenters. The van der Waals surface area contributed by atoms with Crippen LogP contribution in [0.4, 0.5) is 8.78 Å². The molecule has 0 saturated carbocycles. The molecule has 0 atom stereocenters. The molecule has 3 aromatic carbocycles. The Balaban J connectivity index is 1.65. The minimum atomic E-state index is -1.00. The molecule has 0 bridgehead atoms. The molecule has 2 aliphatic rings. The van der Waals surface area contributed by atoms with Gasteiger partial charge in [0.25, 0.3) is 5.91 Å². The number of nitrogens with zero attached hydrogens (tertiary/aromatic N) is 1. The summed E-state index contributed by atoms with van der Waals surface area (Å²) in [5.74, 6) is -1.95. The molecule has 0 saturated heterocycles. The number of benzene rings is 3. The van der Waals surface area contributed by atoms with Crippen molar-refractivity contribution in [3.8, 4) is 22.6 Å². The summed E-state index contributed by atoms with van der Waals surface area (Å²) in [4.78, 5) is 26.9. The third-order valence-electron chi connectivity index (χ3n) is 7.82. The molecule has 38 heavy (non-hydrogen) atoms. The van der Waals surface area contributed by atoms with Gasteiger partial charge >= 0.3 is 5.97 Å². The lowest BCUT2D eigenvalue weighted by Crippen LogP contribution is -2.26. The van der Waals surface area contributed by atoms with Gasteiger partial charge in [0, 0.05) is 18.7 Å². The van der Waals surface area contributed by atoms with Crippen molar-refractivity contribution >= 4 is 11.9 Å². The number of carboxylic acids is 1. The van der Waals surface area contributed by atoms with Crippen LogP contribution in [0.2, 0.25) is 0 Å². The quantitative estimate of drug-likeness (QED) is 0.468. The van der Waals surface area contributed by atoms with Crippen molar-refractivity contribution < 1.29 is 33.0 Å². The first-order valence-electron chi connectivity index (χ1n) is 12.6. The molecule has 3 aromatic rings. The van der Waals surface area contributed by atoms with Crippen LogP contribution < -0.4 is 9.47 Å². The second-order valence-corrected chi connectivity index (χ2v) is 9.93. The van der Waals surface area contributed by atoms with Crippen LogP contribution in [0, 0.1) is 32.4 Å². The number of hydrogen-bond donors (Lipinski definition) is 1. The number of rotatable bonds is 5. The Kier molecular flexibility index (Phi) is 6.59. The van der Waals surface area contributed by atoms with Crippen molar-refractivity contribution in [3.05, 3.63) is 80.4 Å². The van der Waals surface area contributed by atoms with E-state index in [9.17, 15) is 19.1 Å². The van der Waals surface area contributed by atoms with Crippen molar-refractivity contribution in [2.24, 2.45) is 0 Å². The number of methoxy groups -OCH3 is 1. The Labute approximate surface area is 219 Å². The summed E-state index contributed by atoms with van der Waals surface area (Å²) in [7, 11) is 1.45. The molecule has 2 aliphatic heterocycles. The fraction of sp³-hybridized carbons (Fsp3) is 0.333. The van der Waals surface area contributed by atoms with Gasteiger partial charge in [-0.1, -0.05) is 0 Å². The number of carboxylic acid groups (broad SMARTS) is 1. The zero-order valence-electron chi connectivity index (χ0n) is 21.8. The van der Waals surface area contributed by atoms with Crippen molar-refractivity contribution in [2.45, 2.75) is 53.1 Å². The number of fused-ring (bicyclic) bond motifs is 2. The monoisotopic (exact) mass is 521 g/mol. The largest absolute Gasteiger partial charge is 0.497 e. The number of carbonyl (C=O) groups excluding carboxylic acids is 1. The first-order chi connectivity index (χ1) is 18.1. The van der Waals surface area contributed by atoms with Crippen LogP contribution in [0.1, 0.15) is 55.7 Å². The minimum Gasteiger partial charge on any atom is -0.497 e. The van der Waals surface area contributed by atoms with Crippen molar-refractivity contribution in [1.82, 2.24) is 4.90 Å². The molecule has 0 aromatic heterocycles. The second-order valence-electron chi connectivity index (χ2n) is 9.93. The number of aliphatic carboxylic acids is 1. The number of ether oxygens (including phenoxy) is 2. The molecule has 198 valence electrons. The topological polar surface area (TPSA) is 76.1 Å². The van der Waals surface area contributed by atoms with Gasteiger partial charge in [0.05, 0.1) is 25.7 Å². The Hall–Kier alpha value is -3.94. The highest BCUT2D eigenvalue weighted by Gasteiger charge is 2.33. The van der Waals surface area contributed by atoms with E-state index >= 15 is 4.39 Å². The van der Waals surface area contributed by atoms with E-state index in [1.807, 2.05) is 20.8 Å². The van der Waals surface area contributed by atoms with E-state index in [-0.39, 0.29) is 30.8 Å². The molecule has 0 aliphatic carbocycles. The van der Waals surface area contributed by atoms with Crippen LogP contribution in [-0.2, 0) is 30.7 Å². The highest BCUT2D eigenvalue weighted by atomic mass is 19.1. The minimum absolute atomic E-state index is 0.0916. The zero-order chi connectivity index (χ0) is 27.3. The van der Waals surface area contributed by atoms with Crippen LogP contribution in [0.25, 0.3) is 11.1 Å². The van der Waals surface area contributed by atoms with Gasteiger partial charge in [0.1, 0.15) is 11.6 Å². The fourth-order valence-electron chi connectivity index (χ4n) is 5.83. The SMILES string of the molecule is COc1ccc(F)c(C(=O)N2Cc3c(C)c(CC(=O)O)c(-c4cc(F)c5c(c4C)CCCO5)c(C)c3C2)c1. The molecular formula is C30H29F2NO5. The summed E-state index contributed by atoms with van der Waals surface area (Å²) in [5.41, 5.74) is 6.73. The molecule has 5 rings (SSSR count). The normalized spacial score (nSPS) is 14.1. The van der Waals surface area contributed by atoms with Gasteiger partial charge in [-0.3, -0.25) is 9.59 Å². The Morgan fingerprint density at radius 2 is 1.71 bits per heavy atom. The van der Waals surface area contributed by atoms with Crippen molar-refractivity contribution in [3.63, 3.8) is 0 Å². The van der Waals surface area contributed by atoms with Gasteiger partial charge in [-0.25, -0.2) is 8.78 Å². The summed E-state index contributed by atoms with van der Waals surface area (Å²) >= 11 is 0. The molecule has 2 heterocycles. The van der Waals surface area contributed by atoms with Crippen LogP contribution in [-0.4, -0.2) is 35.6 Å². The second kappa shape index (κ2) is 9.74. The summed E-state index contributed by atoms with van der Waals surface area (Å²) in [6.45, 7) is 6.54. The molecule has 0 radical (unpaired) electrons. The molecule has 1 amide bonds. The zero-order valence-corrected chi connectivity index (χ0v) is 21.8. The molecule has 0 spiro atoms. The van der Waals surface area contributed by atoms with Crippen LogP contribution >= 0.6 is 0 Å². The van der Waals surface area contributed by atoms with Gasteiger partial charge in [-0.05, 0) is 102 Å². The lowest BCUT2D eigenvalue weighted by atomic mass is 9.81. The first-order valence-corrected chi connectivity index (χ1v) is 12.6. The highest BCUT2D eigenvalue weighted by molar-refractivity contribution is 5.95.